The fraction of sp³-hybridized carbons (Fsp3) is 0.154. The van der Waals surface area contributed by atoms with Crippen molar-refractivity contribution < 1.29 is 9.18 Å². The van der Waals surface area contributed by atoms with Crippen molar-refractivity contribution in [3.8, 4) is 0 Å². The van der Waals surface area contributed by atoms with Crippen LogP contribution in [0.25, 0.3) is 0 Å². The van der Waals surface area contributed by atoms with Gasteiger partial charge in [0.05, 0.1) is 34.2 Å². The van der Waals surface area contributed by atoms with E-state index in [4.69, 9.17) is 0 Å². The van der Waals surface area contributed by atoms with Crippen LogP contribution in [0.5, 0.6) is 0 Å². The van der Waals surface area contributed by atoms with E-state index in [1.165, 1.54) is 12.1 Å². The summed E-state index contributed by atoms with van der Waals surface area (Å²) in [6.07, 6.45) is 3.19. The lowest BCUT2D eigenvalue weighted by Gasteiger charge is -2.06. The third kappa shape index (κ3) is 3.35. The Morgan fingerprint density at radius 1 is 1.37 bits per heavy atom. The molecule has 2 aromatic rings. The summed E-state index contributed by atoms with van der Waals surface area (Å²) in [6.45, 7) is 2.03. The maximum Gasteiger partial charge on any atom is 0.254 e. The molecule has 4 nitrogen and oxygen atoms in total. The molecule has 1 amide bonds. The van der Waals surface area contributed by atoms with E-state index < -0.39 is 11.7 Å². The van der Waals surface area contributed by atoms with Gasteiger partial charge in [-0.15, -0.1) is 0 Å². The molecule has 2 rings (SSSR count). The van der Waals surface area contributed by atoms with Crippen molar-refractivity contribution in [1.29, 1.82) is 0 Å². The normalized spacial score (nSPS) is 10.3. The first-order valence-corrected chi connectivity index (χ1v) is 6.37. The van der Waals surface area contributed by atoms with Crippen LogP contribution in [0.2, 0.25) is 0 Å². The summed E-state index contributed by atoms with van der Waals surface area (Å²) in [5.41, 5.74) is 1.41. The molecule has 6 heteroatoms. The average molecular weight is 324 g/mol. The van der Waals surface area contributed by atoms with Crippen molar-refractivity contribution in [2.24, 2.45) is 0 Å². The van der Waals surface area contributed by atoms with Crippen molar-refractivity contribution >= 4 is 21.8 Å². The number of nitrogens with one attached hydrogen (secondary N) is 1. The fourth-order valence-corrected chi connectivity index (χ4v) is 1.82. The Bertz CT molecular complexity index is 601. The maximum absolute atomic E-state index is 13.7. The van der Waals surface area contributed by atoms with Crippen LogP contribution in [-0.4, -0.2) is 15.9 Å². The standard InChI is InChI=1S/C13H11BrFN3O/c1-8-5-17-9(6-16-8)7-18-13(19)10-3-2-4-11(14)12(10)15/h2-6H,7H2,1H3,(H,18,19). The molecule has 0 saturated heterocycles. The largest absolute Gasteiger partial charge is 0.346 e. The molecular formula is C13H11BrFN3O. The van der Waals surface area contributed by atoms with Crippen LogP contribution in [0, 0.1) is 12.7 Å². The Morgan fingerprint density at radius 2 is 2.16 bits per heavy atom. The molecule has 0 fully saturated rings. The van der Waals surface area contributed by atoms with Crippen molar-refractivity contribution in [1.82, 2.24) is 15.3 Å². The first-order valence-electron chi connectivity index (χ1n) is 5.57. The molecule has 98 valence electrons. The summed E-state index contributed by atoms with van der Waals surface area (Å²) < 4.78 is 14.0. The minimum absolute atomic E-state index is 0.00514. The van der Waals surface area contributed by atoms with Gasteiger partial charge in [-0.25, -0.2) is 4.39 Å². The average Bonchev–Trinajstić information content (AvgIpc) is 2.41. The van der Waals surface area contributed by atoms with Crippen LogP contribution in [0.1, 0.15) is 21.7 Å². The van der Waals surface area contributed by atoms with Crippen LogP contribution < -0.4 is 5.32 Å². The molecule has 0 aliphatic carbocycles. The fourth-order valence-electron chi connectivity index (χ4n) is 1.46. The lowest BCUT2D eigenvalue weighted by Crippen LogP contribution is -2.24. The van der Waals surface area contributed by atoms with Crippen LogP contribution >= 0.6 is 15.9 Å². The quantitative estimate of drug-likeness (QED) is 0.944. The SMILES string of the molecule is Cc1cnc(CNC(=O)c2cccc(Br)c2F)cn1. The molecule has 1 N–H and O–H groups in total. The smallest absolute Gasteiger partial charge is 0.254 e. The van der Waals surface area contributed by atoms with Crippen molar-refractivity contribution in [2.45, 2.75) is 13.5 Å². The molecule has 1 aromatic heterocycles. The van der Waals surface area contributed by atoms with Crippen molar-refractivity contribution in [2.75, 3.05) is 0 Å². The van der Waals surface area contributed by atoms with E-state index in [-0.39, 0.29) is 16.6 Å². The molecule has 1 aromatic carbocycles. The first-order chi connectivity index (χ1) is 9.08. The molecule has 0 atom stereocenters. The van der Waals surface area contributed by atoms with Gasteiger partial charge in [0, 0.05) is 6.20 Å². The number of carbonyl (C=O) groups excluding carboxylic acids is 1. The molecule has 0 radical (unpaired) electrons. The second kappa shape index (κ2) is 5.88. The van der Waals surface area contributed by atoms with Gasteiger partial charge in [0.2, 0.25) is 0 Å². The van der Waals surface area contributed by atoms with E-state index in [1.54, 1.807) is 18.5 Å². The maximum atomic E-state index is 13.7. The van der Waals surface area contributed by atoms with Crippen LogP contribution in [-0.2, 0) is 6.54 Å². The molecule has 0 spiro atoms. The summed E-state index contributed by atoms with van der Waals surface area (Å²) in [7, 11) is 0. The zero-order valence-electron chi connectivity index (χ0n) is 10.2. The minimum Gasteiger partial charge on any atom is -0.346 e. The number of benzene rings is 1. The molecule has 0 saturated carbocycles. The number of rotatable bonds is 3. The van der Waals surface area contributed by atoms with E-state index in [9.17, 15) is 9.18 Å². The predicted molar refractivity (Wildman–Crippen MR) is 72.0 cm³/mol. The summed E-state index contributed by atoms with van der Waals surface area (Å²) in [5, 5.41) is 2.60. The van der Waals surface area contributed by atoms with E-state index in [1.807, 2.05) is 6.92 Å². The topological polar surface area (TPSA) is 54.9 Å². The zero-order chi connectivity index (χ0) is 13.8. The second-order valence-electron chi connectivity index (χ2n) is 3.93. The molecule has 0 bridgehead atoms. The number of hydrogen-bond donors (Lipinski definition) is 1. The number of nitrogens with zero attached hydrogens (tertiary/aromatic N) is 2. The zero-order valence-corrected chi connectivity index (χ0v) is 11.7. The molecule has 0 unspecified atom stereocenters. The van der Waals surface area contributed by atoms with Gasteiger partial charge < -0.3 is 5.32 Å². The number of aryl methyl sites for hydroxylation is 1. The Morgan fingerprint density at radius 3 is 2.84 bits per heavy atom. The van der Waals surface area contributed by atoms with Gasteiger partial charge in [-0.3, -0.25) is 14.8 Å². The van der Waals surface area contributed by atoms with Gasteiger partial charge in [0.25, 0.3) is 5.91 Å². The number of carbonyl (C=O) groups is 1. The summed E-state index contributed by atoms with van der Waals surface area (Å²) in [5.74, 6) is -1.06. The Kier molecular flexibility index (Phi) is 4.21. The van der Waals surface area contributed by atoms with Gasteiger partial charge in [-0.2, -0.15) is 0 Å². The number of aromatic nitrogens is 2. The lowest BCUT2D eigenvalue weighted by atomic mass is 10.2. The highest BCUT2D eigenvalue weighted by molar-refractivity contribution is 9.10. The van der Waals surface area contributed by atoms with E-state index in [0.29, 0.717) is 5.69 Å². The molecule has 0 aliphatic rings. The van der Waals surface area contributed by atoms with E-state index in [0.717, 1.165) is 5.69 Å². The summed E-state index contributed by atoms with van der Waals surface area (Å²) in [4.78, 5) is 20.0. The Hall–Kier alpha value is -1.82. The summed E-state index contributed by atoms with van der Waals surface area (Å²) >= 11 is 3.04. The second-order valence-corrected chi connectivity index (χ2v) is 4.79. The highest BCUT2D eigenvalue weighted by Crippen LogP contribution is 2.18. The third-order valence-corrected chi connectivity index (χ3v) is 3.07. The van der Waals surface area contributed by atoms with Gasteiger partial charge in [-0.05, 0) is 35.0 Å². The van der Waals surface area contributed by atoms with E-state index >= 15 is 0 Å². The van der Waals surface area contributed by atoms with Gasteiger partial charge >= 0.3 is 0 Å². The monoisotopic (exact) mass is 323 g/mol. The third-order valence-electron chi connectivity index (χ3n) is 2.46. The van der Waals surface area contributed by atoms with Gasteiger partial charge in [-0.1, -0.05) is 6.07 Å². The number of halogens is 2. The molecule has 0 aliphatic heterocycles. The van der Waals surface area contributed by atoms with E-state index in [2.05, 4.69) is 31.2 Å². The highest BCUT2D eigenvalue weighted by Gasteiger charge is 2.13. The first kappa shape index (κ1) is 13.6. The molecule has 1 heterocycles. The Labute approximate surface area is 118 Å². The van der Waals surface area contributed by atoms with Crippen molar-refractivity contribution in [3.63, 3.8) is 0 Å². The lowest BCUT2D eigenvalue weighted by molar-refractivity contribution is 0.0946. The predicted octanol–water partition coefficient (Wildman–Crippen LogP) is 2.62. The van der Waals surface area contributed by atoms with Crippen LogP contribution in [0.4, 0.5) is 4.39 Å². The van der Waals surface area contributed by atoms with Crippen LogP contribution in [0.3, 0.4) is 0 Å². The number of amides is 1. The Balaban J connectivity index is 2.05. The molecule has 19 heavy (non-hydrogen) atoms. The van der Waals surface area contributed by atoms with Crippen LogP contribution in [0.15, 0.2) is 35.1 Å². The minimum atomic E-state index is -0.574. The molecular weight excluding hydrogens is 313 g/mol. The van der Waals surface area contributed by atoms with Crippen molar-refractivity contribution in [3.05, 3.63) is 57.8 Å². The summed E-state index contributed by atoms with van der Waals surface area (Å²) in [6, 6.07) is 4.57. The number of hydrogen-bond acceptors (Lipinski definition) is 3. The van der Waals surface area contributed by atoms with Gasteiger partial charge in [0.15, 0.2) is 0 Å². The highest BCUT2D eigenvalue weighted by atomic mass is 79.9. The van der Waals surface area contributed by atoms with Gasteiger partial charge in [0.1, 0.15) is 5.82 Å².